The molecule has 1 saturated heterocycles. The van der Waals surface area contributed by atoms with Gasteiger partial charge < -0.3 is 34.5 Å². The number of aromatic nitrogens is 2. The summed E-state index contributed by atoms with van der Waals surface area (Å²) in [5, 5.41) is 20.6. The highest BCUT2D eigenvalue weighted by Crippen LogP contribution is 2.66. The van der Waals surface area contributed by atoms with Crippen LogP contribution in [-0.4, -0.2) is 63.5 Å². The van der Waals surface area contributed by atoms with Gasteiger partial charge in [-0.05, 0) is 0 Å². The second-order valence-electron chi connectivity index (χ2n) is 5.97. The molecule has 0 aromatic carbocycles. The van der Waals surface area contributed by atoms with Crippen molar-refractivity contribution in [2.24, 2.45) is 0 Å². The van der Waals surface area contributed by atoms with Crippen molar-refractivity contribution in [3.8, 4) is 12.3 Å². The van der Waals surface area contributed by atoms with Crippen LogP contribution >= 0.6 is 23.5 Å². The molecule has 0 bridgehead atoms. The van der Waals surface area contributed by atoms with E-state index in [1.807, 2.05) is 0 Å². The summed E-state index contributed by atoms with van der Waals surface area (Å²) in [7, 11) is -17.5. The Kier molecular flexibility index (Phi) is 7.24. The molecule has 0 aliphatic carbocycles. The predicted molar refractivity (Wildman–Crippen MR) is 94.9 cm³/mol. The maximum atomic E-state index is 15.3. The van der Waals surface area contributed by atoms with Gasteiger partial charge >= 0.3 is 29.2 Å². The monoisotopic (exact) mass is 526 g/mol. The van der Waals surface area contributed by atoms with Gasteiger partial charge in [-0.3, -0.25) is 18.9 Å². The van der Waals surface area contributed by atoms with E-state index in [0.29, 0.717) is 4.57 Å². The van der Waals surface area contributed by atoms with Crippen molar-refractivity contribution in [1.29, 1.82) is 0 Å². The van der Waals surface area contributed by atoms with Crippen LogP contribution in [0.25, 0.3) is 0 Å². The summed E-state index contributed by atoms with van der Waals surface area (Å²) in [6, 6.07) is 0.761. The van der Waals surface area contributed by atoms with Crippen molar-refractivity contribution in [2.75, 3.05) is 6.61 Å². The van der Waals surface area contributed by atoms with E-state index in [4.69, 9.17) is 25.8 Å². The summed E-state index contributed by atoms with van der Waals surface area (Å²) in [6.07, 6.45) is 1.19. The van der Waals surface area contributed by atoms with Crippen LogP contribution in [0, 0.1) is 12.3 Å². The highest BCUT2D eigenvalue weighted by molar-refractivity contribution is 7.66. The van der Waals surface area contributed by atoms with Gasteiger partial charge in [0.15, 0.2) is 6.23 Å². The first-order chi connectivity index (χ1) is 14.3. The van der Waals surface area contributed by atoms with Crippen molar-refractivity contribution in [3.05, 3.63) is 33.1 Å². The minimum Gasteiger partial charge on any atom is -0.384 e. The zero-order valence-corrected chi connectivity index (χ0v) is 17.8. The smallest absolute Gasteiger partial charge is 0.384 e. The van der Waals surface area contributed by atoms with Crippen LogP contribution in [0.5, 0.6) is 0 Å². The summed E-state index contributed by atoms with van der Waals surface area (Å²) in [5.74, 6) is -2.36. The number of phosphoric acid groups is 3. The molecule has 21 heteroatoms. The number of phosphoric ester groups is 1. The number of hydrogen-bond donors (Lipinski definition) is 7. The van der Waals surface area contributed by atoms with Gasteiger partial charge in [-0.2, -0.15) is 8.62 Å². The zero-order valence-electron chi connectivity index (χ0n) is 15.1. The second kappa shape index (κ2) is 8.67. The highest BCUT2D eigenvalue weighted by Gasteiger charge is 2.67. The number of aromatic amines is 1. The molecule has 1 aromatic heterocycles. The number of ether oxygens (including phenoxy) is 1. The lowest BCUT2D eigenvalue weighted by Crippen LogP contribution is -2.55. The summed E-state index contributed by atoms with van der Waals surface area (Å²) in [5.41, 5.74) is -5.48. The SMILES string of the molecule is C#C[C@]1(O)[C@@H](O)[C@H](n2ccc(=O)[nH]c2=O)O[C@]1(F)COP(=O)(O)OP(=O)(O)OP(=O)(O)O. The lowest BCUT2D eigenvalue weighted by atomic mass is 9.91. The third-order valence-corrected chi connectivity index (χ3v) is 7.53. The molecular weight excluding hydrogens is 512 g/mol. The molecular formula is C11H14FN2O15P3. The fourth-order valence-electron chi connectivity index (χ4n) is 2.41. The number of H-pyrrole nitrogens is 1. The average molecular weight is 526 g/mol. The fraction of sp³-hybridized carbons (Fsp3) is 0.455. The highest BCUT2D eigenvalue weighted by atomic mass is 31.3. The van der Waals surface area contributed by atoms with Gasteiger partial charge in [-0.25, -0.2) is 22.9 Å². The van der Waals surface area contributed by atoms with Crippen LogP contribution in [0.1, 0.15) is 6.23 Å². The van der Waals surface area contributed by atoms with Gasteiger partial charge in [0.1, 0.15) is 12.7 Å². The van der Waals surface area contributed by atoms with Gasteiger partial charge in [0.05, 0.1) is 0 Å². The van der Waals surface area contributed by atoms with Crippen LogP contribution in [0.4, 0.5) is 4.39 Å². The van der Waals surface area contributed by atoms with E-state index >= 15 is 4.39 Å². The molecule has 180 valence electrons. The van der Waals surface area contributed by atoms with E-state index in [1.165, 1.54) is 5.92 Å². The van der Waals surface area contributed by atoms with Crippen molar-refractivity contribution < 1.29 is 65.8 Å². The molecule has 0 amide bonds. The van der Waals surface area contributed by atoms with Crippen molar-refractivity contribution in [3.63, 3.8) is 0 Å². The van der Waals surface area contributed by atoms with Crippen molar-refractivity contribution >= 4 is 23.5 Å². The van der Waals surface area contributed by atoms with Gasteiger partial charge in [-0.15, -0.1) is 6.42 Å². The summed E-state index contributed by atoms with van der Waals surface area (Å²) >= 11 is 0. The molecule has 1 aromatic rings. The molecule has 1 aliphatic heterocycles. The molecule has 1 fully saturated rings. The molecule has 0 spiro atoms. The van der Waals surface area contributed by atoms with Crippen LogP contribution in [0.3, 0.4) is 0 Å². The number of alkyl halides is 1. The Morgan fingerprint density at radius 2 is 1.81 bits per heavy atom. The number of rotatable bonds is 8. The number of aliphatic hydroxyl groups is 2. The first kappa shape index (κ1) is 26.7. The van der Waals surface area contributed by atoms with E-state index in [9.17, 15) is 38.4 Å². The topological polar surface area (TPSA) is 264 Å². The lowest BCUT2D eigenvalue weighted by molar-refractivity contribution is -0.223. The van der Waals surface area contributed by atoms with Gasteiger partial charge in [0.25, 0.3) is 11.4 Å². The van der Waals surface area contributed by atoms with E-state index in [1.54, 1.807) is 4.98 Å². The molecule has 0 saturated carbocycles. The molecule has 7 N–H and O–H groups in total. The Bertz CT molecular complexity index is 1190. The van der Waals surface area contributed by atoms with Crippen molar-refractivity contribution in [2.45, 2.75) is 23.8 Å². The first-order valence-corrected chi connectivity index (χ1v) is 12.2. The Morgan fingerprint density at radius 3 is 2.31 bits per heavy atom. The molecule has 6 atom stereocenters. The average Bonchev–Trinajstić information content (AvgIpc) is 2.79. The molecule has 32 heavy (non-hydrogen) atoms. The third kappa shape index (κ3) is 5.68. The third-order valence-electron chi connectivity index (χ3n) is 3.75. The molecule has 17 nitrogen and oxygen atoms in total. The molecule has 2 unspecified atom stereocenters. The Labute approximate surface area is 175 Å². The standard InChI is InChI=1S/C11H14FN2O15P3/c1-2-10(18)7(16)8(14-4-3-6(15)13-9(14)17)27-11(10,12)5-26-31(22,23)29-32(24,25)28-30(19,20)21/h1,3-4,7-8,16,18H,5H2,(H,22,23)(H,24,25)(H,13,15,17)(H2,19,20,21)/t7-,8+,10-,11+/m0/s1. The van der Waals surface area contributed by atoms with E-state index in [2.05, 4.69) is 13.1 Å². The Morgan fingerprint density at radius 1 is 1.22 bits per heavy atom. The molecule has 2 rings (SSSR count). The largest absolute Gasteiger partial charge is 0.490 e. The molecule has 2 heterocycles. The molecule has 1 aliphatic rings. The first-order valence-electron chi connectivity index (χ1n) is 7.69. The lowest BCUT2D eigenvalue weighted by Gasteiger charge is -2.30. The summed E-state index contributed by atoms with van der Waals surface area (Å²) in [4.78, 5) is 60.1. The Balaban J connectivity index is 2.29. The van der Waals surface area contributed by atoms with Crippen LogP contribution in [-0.2, 0) is 31.6 Å². The quantitative estimate of drug-likeness (QED) is 0.140. The summed E-state index contributed by atoms with van der Waals surface area (Å²) < 4.78 is 65.0. The van der Waals surface area contributed by atoms with Gasteiger partial charge in [-0.1, -0.05) is 5.92 Å². The Hall–Kier alpha value is -1.54. The van der Waals surface area contributed by atoms with Crippen LogP contribution < -0.4 is 11.2 Å². The van der Waals surface area contributed by atoms with Crippen LogP contribution in [0.2, 0.25) is 0 Å². The predicted octanol–water partition coefficient (Wildman–Crippen LogP) is -2.20. The number of terminal acetylenes is 1. The number of nitrogens with zero attached hydrogens (tertiary/aromatic N) is 1. The van der Waals surface area contributed by atoms with E-state index in [-0.39, 0.29) is 0 Å². The minimum atomic E-state index is -5.94. The summed E-state index contributed by atoms with van der Waals surface area (Å²) in [6.45, 7) is -1.90. The number of nitrogens with one attached hydrogen (secondary N) is 1. The maximum absolute atomic E-state index is 15.3. The van der Waals surface area contributed by atoms with Crippen molar-refractivity contribution in [1.82, 2.24) is 9.55 Å². The van der Waals surface area contributed by atoms with Crippen LogP contribution in [0.15, 0.2) is 21.9 Å². The maximum Gasteiger partial charge on any atom is 0.490 e. The second-order valence-corrected chi connectivity index (χ2v) is 10.4. The van der Waals surface area contributed by atoms with E-state index in [0.717, 1.165) is 12.3 Å². The van der Waals surface area contributed by atoms with Gasteiger partial charge in [0, 0.05) is 12.3 Å². The number of halogens is 1. The fourth-order valence-corrected chi connectivity index (χ4v) is 5.44. The molecule has 0 radical (unpaired) electrons. The van der Waals surface area contributed by atoms with E-state index < -0.39 is 65.1 Å². The zero-order chi connectivity index (χ0) is 24.8. The number of aliphatic hydroxyl groups excluding tert-OH is 1. The normalized spacial score (nSPS) is 32.1. The number of hydrogen-bond acceptors (Lipinski definition) is 11. The van der Waals surface area contributed by atoms with Gasteiger partial charge in [0.2, 0.25) is 5.60 Å². The minimum absolute atomic E-state index is 0.403.